The van der Waals surface area contributed by atoms with E-state index in [0.717, 1.165) is 18.8 Å². The van der Waals surface area contributed by atoms with E-state index >= 15 is 0 Å². The first-order valence-electron chi connectivity index (χ1n) is 10.3. The zero-order valence-electron chi connectivity index (χ0n) is 17.0. The first-order chi connectivity index (χ1) is 14.6. The number of hydrogen-bond acceptors (Lipinski definition) is 6. The van der Waals surface area contributed by atoms with Gasteiger partial charge in [0.15, 0.2) is 17.6 Å². The number of rotatable bonds is 5. The number of benzene rings is 2. The van der Waals surface area contributed by atoms with E-state index < -0.39 is 24.1 Å². The minimum atomic E-state index is -0.958. The Kier molecular flexibility index (Phi) is 6.07. The minimum Gasteiger partial charge on any atom is -0.485 e. The highest BCUT2D eigenvalue weighted by molar-refractivity contribution is 5.95. The summed E-state index contributed by atoms with van der Waals surface area (Å²) in [6, 6.07) is 14.8. The van der Waals surface area contributed by atoms with E-state index in [1.807, 2.05) is 30.3 Å². The molecule has 2 heterocycles. The van der Waals surface area contributed by atoms with Crippen molar-refractivity contribution in [1.82, 2.24) is 0 Å². The molecule has 0 unspecified atom stereocenters. The molecule has 158 valence electrons. The van der Waals surface area contributed by atoms with Crippen molar-refractivity contribution in [3.05, 3.63) is 48.5 Å². The van der Waals surface area contributed by atoms with Gasteiger partial charge < -0.3 is 24.4 Å². The van der Waals surface area contributed by atoms with Crippen molar-refractivity contribution in [1.29, 1.82) is 0 Å². The lowest BCUT2D eigenvalue weighted by atomic mass is 10.1. The van der Waals surface area contributed by atoms with E-state index in [0.29, 0.717) is 17.2 Å². The number of amides is 1. The van der Waals surface area contributed by atoms with Crippen molar-refractivity contribution in [3.8, 4) is 11.5 Å². The van der Waals surface area contributed by atoms with Crippen molar-refractivity contribution >= 4 is 23.3 Å². The number of carbonyl (C=O) groups excluding carboxylic acids is 2. The van der Waals surface area contributed by atoms with Crippen LogP contribution < -0.4 is 19.7 Å². The summed E-state index contributed by atoms with van der Waals surface area (Å²) in [5.74, 6) is 0.0377. The van der Waals surface area contributed by atoms with Crippen molar-refractivity contribution in [2.45, 2.75) is 38.4 Å². The van der Waals surface area contributed by atoms with E-state index in [4.69, 9.17) is 14.2 Å². The molecular weight excluding hydrogens is 384 g/mol. The van der Waals surface area contributed by atoms with Gasteiger partial charge in [-0.2, -0.15) is 0 Å². The fourth-order valence-corrected chi connectivity index (χ4v) is 3.59. The Labute approximate surface area is 175 Å². The lowest BCUT2D eigenvalue weighted by Gasteiger charge is -2.29. The molecule has 7 nitrogen and oxygen atoms in total. The van der Waals surface area contributed by atoms with Crippen molar-refractivity contribution in [2.75, 3.05) is 29.9 Å². The predicted octanol–water partition coefficient (Wildman–Crippen LogP) is 3.39. The monoisotopic (exact) mass is 410 g/mol. The zero-order valence-corrected chi connectivity index (χ0v) is 17.0. The fourth-order valence-electron chi connectivity index (χ4n) is 3.59. The van der Waals surface area contributed by atoms with Gasteiger partial charge in [0.05, 0.1) is 0 Å². The number of piperidine rings is 1. The van der Waals surface area contributed by atoms with Crippen LogP contribution in [0.1, 0.15) is 26.2 Å². The highest BCUT2D eigenvalue weighted by Crippen LogP contribution is 2.31. The molecule has 4 rings (SSSR count). The fraction of sp³-hybridized carbons (Fsp3) is 0.391. The van der Waals surface area contributed by atoms with Gasteiger partial charge in [0.25, 0.3) is 5.91 Å². The summed E-state index contributed by atoms with van der Waals surface area (Å²) in [7, 11) is 0. The minimum absolute atomic E-state index is 0.0438. The number of carbonyl (C=O) groups is 2. The average Bonchev–Trinajstić information content (AvgIpc) is 2.79. The standard InChI is InChI=1S/C23H26N2O5/c1-16(29-23(27)21-15-28-19-7-3-4-8-20(19)30-21)22(26)24-17-9-11-18(12-10-17)25-13-5-2-6-14-25/h3-4,7-12,16,21H,2,5-6,13-15H2,1H3,(H,24,26)/t16-,21+/m1/s1. The van der Waals surface area contributed by atoms with E-state index in [1.165, 1.54) is 26.2 Å². The normalized spacial score (nSPS) is 19.0. The van der Waals surface area contributed by atoms with Crippen LogP contribution in [-0.2, 0) is 14.3 Å². The third kappa shape index (κ3) is 4.67. The second kappa shape index (κ2) is 9.07. The SMILES string of the molecule is C[C@@H](OC(=O)[C@@H]1COc2ccccc2O1)C(=O)Nc1ccc(N2CCCCC2)cc1. The summed E-state index contributed by atoms with van der Waals surface area (Å²) in [6.45, 7) is 3.71. The summed E-state index contributed by atoms with van der Waals surface area (Å²) in [5.41, 5.74) is 1.82. The van der Waals surface area contributed by atoms with Crippen LogP contribution in [0, 0.1) is 0 Å². The Balaban J connectivity index is 1.29. The lowest BCUT2D eigenvalue weighted by molar-refractivity contribution is -0.162. The van der Waals surface area contributed by atoms with Crippen LogP contribution >= 0.6 is 0 Å². The number of nitrogens with one attached hydrogen (secondary N) is 1. The molecule has 30 heavy (non-hydrogen) atoms. The van der Waals surface area contributed by atoms with Crippen molar-refractivity contribution < 1.29 is 23.8 Å². The summed E-state index contributed by atoms with van der Waals surface area (Å²) < 4.78 is 16.4. The van der Waals surface area contributed by atoms with Gasteiger partial charge in [-0.1, -0.05) is 12.1 Å². The van der Waals surface area contributed by atoms with Gasteiger partial charge in [0.2, 0.25) is 6.10 Å². The van der Waals surface area contributed by atoms with Crippen LogP contribution in [0.15, 0.2) is 48.5 Å². The van der Waals surface area contributed by atoms with Gasteiger partial charge in [-0.3, -0.25) is 4.79 Å². The Morgan fingerprint density at radius 2 is 1.73 bits per heavy atom. The number of nitrogens with zero attached hydrogens (tertiary/aromatic N) is 1. The Morgan fingerprint density at radius 1 is 1.03 bits per heavy atom. The maximum absolute atomic E-state index is 12.4. The lowest BCUT2D eigenvalue weighted by Crippen LogP contribution is -2.41. The molecule has 1 fully saturated rings. The highest BCUT2D eigenvalue weighted by atomic mass is 16.6. The van der Waals surface area contributed by atoms with Gasteiger partial charge >= 0.3 is 5.97 Å². The van der Waals surface area contributed by atoms with Crippen LogP contribution in [-0.4, -0.2) is 43.8 Å². The van der Waals surface area contributed by atoms with Crippen LogP contribution in [0.3, 0.4) is 0 Å². The van der Waals surface area contributed by atoms with Crippen molar-refractivity contribution in [2.24, 2.45) is 0 Å². The molecule has 2 aromatic rings. The second-order valence-corrected chi connectivity index (χ2v) is 7.53. The summed E-state index contributed by atoms with van der Waals surface area (Å²) in [6.07, 6.45) is 1.84. The molecule has 0 spiro atoms. The summed E-state index contributed by atoms with van der Waals surface area (Å²) >= 11 is 0. The van der Waals surface area contributed by atoms with Gasteiger partial charge in [-0.05, 0) is 62.6 Å². The van der Waals surface area contributed by atoms with E-state index in [1.54, 1.807) is 18.2 Å². The Hall–Kier alpha value is -3.22. The number of para-hydroxylation sites is 2. The molecule has 0 saturated carbocycles. The molecule has 0 bridgehead atoms. The Morgan fingerprint density at radius 3 is 2.47 bits per heavy atom. The van der Waals surface area contributed by atoms with E-state index in [2.05, 4.69) is 10.2 Å². The van der Waals surface area contributed by atoms with E-state index in [-0.39, 0.29) is 6.61 Å². The maximum Gasteiger partial charge on any atom is 0.351 e. The van der Waals surface area contributed by atoms with Gasteiger partial charge in [0, 0.05) is 24.5 Å². The molecular formula is C23H26N2O5. The molecule has 0 radical (unpaired) electrons. The number of esters is 1. The second-order valence-electron chi connectivity index (χ2n) is 7.53. The molecule has 0 aromatic heterocycles. The summed E-state index contributed by atoms with van der Waals surface area (Å²) in [4.78, 5) is 27.2. The van der Waals surface area contributed by atoms with Crippen LogP contribution in [0.4, 0.5) is 11.4 Å². The first-order valence-corrected chi connectivity index (χ1v) is 10.3. The largest absolute Gasteiger partial charge is 0.485 e. The quantitative estimate of drug-likeness (QED) is 0.762. The predicted molar refractivity (Wildman–Crippen MR) is 113 cm³/mol. The third-order valence-corrected chi connectivity index (χ3v) is 5.29. The maximum atomic E-state index is 12.4. The number of fused-ring (bicyclic) bond motifs is 1. The first kappa shape index (κ1) is 20.1. The number of hydrogen-bond donors (Lipinski definition) is 1. The van der Waals surface area contributed by atoms with Crippen LogP contribution in [0.2, 0.25) is 0 Å². The van der Waals surface area contributed by atoms with Gasteiger partial charge in [-0.25, -0.2) is 4.79 Å². The molecule has 1 N–H and O–H groups in total. The van der Waals surface area contributed by atoms with Gasteiger partial charge in [-0.15, -0.1) is 0 Å². The van der Waals surface area contributed by atoms with Gasteiger partial charge in [0.1, 0.15) is 6.61 Å². The smallest absolute Gasteiger partial charge is 0.351 e. The molecule has 2 aliphatic heterocycles. The molecule has 1 saturated heterocycles. The third-order valence-electron chi connectivity index (χ3n) is 5.29. The molecule has 2 aromatic carbocycles. The average molecular weight is 410 g/mol. The molecule has 2 aliphatic rings. The van der Waals surface area contributed by atoms with Crippen molar-refractivity contribution in [3.63, 3.8) is 0 Å². The Bertz CT molecular complexity index is 893. The van der Waals surface area contributed by atoms with Crippen LogP contribution in [0.25, 0.3) is 0 Å². The molecule has 0 aliphatic carbocycles. The molecule has 7 heteroatoms. The van der Waals surface area contributed by atoms with E-state index in [9.17, 15) is 9.59 Å². The topological polar surface area (TPSA) is 77.1 Å². The van der Waals surface area contributed by atoms with Crippen LogP contribution in [0.5, 0.6) is 11.5 Å². The number of anilines is 2. The summed E-state index contributed by atoms with van der Waals surface area (Å²) in [5, 5.41) is 2.79. The molecule has 1 amide bonds. The highest BCUT2D eigenvalue weighted by Gasteiger charge is 2.31. The zero-order chi connectivity index (χ0) is 20.9. The number of ether oxygens (including phenoxy) is 3. The molecule has 2 atom stereocenters.